The Morgan fingerprint density at radius 2 is 1.33 bits per heavy atom. The van der Waals surface area contributed by atoms with Gasteiger partial charge in [-0.3, -0.25) is 9.59 Å². The maximum absolute atomic E-state index is 12.8. The third-order valence-electron chi connectivity index (χ3n) is 3.97. The number of rotatable bonds is 8. The number of amides is 2. The van der Waals surface area contributed by atoms with Crippen LogP contribution in [-0.2, 0) is 22.4 Å². The predicted molar refractivity (Wildman–Crippen MR) is 99.4 cm³/mol. The van der Waals surface area contributed by atoms with Crippen LogP contribution in [0.15, 0.2) is 42.5 Å². The van der Waals surface area contributed by atoms with E-state index in [-0.39, 0.29) is 5.82 Å². The minimum atomic E-state index is -0.690. The third-order valence-corrected chi connectivity index (χ3v) is 3.97. The van der Waals surface area contributed by atoms with E-state index in [2.05, 4.69) is 10.6 Å². The lowest BCUT2D eigenvalue weighted by atomic mass is 10.1. The highest BCUT2D eigenvalue weighted by atomic mass is 19.1. The predicted octanol–water partition coefficient (Wildman–Crippen LogP) is 1.86. The summed E-state index contributed by atoms with van der Waals surface area (Å²) in [6.07, 6.45) is 1.07. The van der Waals surface area contributed by atoms with E-state index in [4.69, 9.17) is 9.47 Å². The monoisotopic (exact) mass is 374 g/mol. The largest absolute Gasteiger partial charge is 0.493 e. The van der Waals surface area contributed by atoms with Crippen molar-refractivity contribution >= 4 is 11.8 Å². The summed E-state index contributed by atoms with van der Waals surface area (Å²) < 4.78 is 23.2. The van der Waals surface area contributed by atoms with Crippen LogP contribution in [0.3, 0.4) is 0 Å². The molecule has 2 N–H and O–H groups in total. The molecule has 0 aliphatic rings. The summed E-state index contributed by atoms with van der Waals surface area (Å²) in [7, 11) is 3.12. The lowest BCUT2D eigenvalue weighted by Gasteiger charge is -2.10. The Morgan fingerprint density at radius 3 is 1.89 bits per heavy atom. The van der Waals surface area contributed by atoms with Crippen molar-refractivity contribution in [2.45, 2.75) is 12.8 Å². The van der Waals surface area contributed by atoms with Crippen molar-refractivity contribution in [1.29, 1.82) is 0 Å². The SMILES string of the molecule is COc1ccc(CCNC(=O)C(=O)NCCc2ccc(F)cc2)cc1OC. The first-order chi connectivity index (χ1) is 13.0. The molecule has 2 amide bonds. The lowest BCUT2D eigenvalue weighted by molar-refractivity contribution is -0.139. The maximum atomic E-state index is 12.8. The highest BCUT2D eigenvalue weighted by Crippen LogP contribution is 2.27. The molecular weight excluding hydrogens is 351 g/mol. The van der Waals surface area contributed by atoms with Gasteiger partial charge in [0.05, 0.1) is 14.2 Å². The normalized spacial score (nSPS) is 10.2. The van der Waals surface area contributed by atoms with Gasteiger partial charge in [0.2, 0.25) is 0 Å². The quantitative estimate of drug-likeness (QED) is 0.692. The second-order valence-corrected chi connectivity index (χ2v) is 5.83. The molecule has 27 heavy (non-hydrogen) atoms. The van der Waals surface area contributed by atoms with Crippen molar-refractivity contribution in [2.24, 2.45) is 0 Å². The van der Waals surface area contributed by atoms with Gasteiger partial charge >= 0.3 is 11.8 Å². The first kappa shape index (κ1) is 20.2. The van der Waals surface area contributed by atoms with E-state index in [1.807, 2.05) is 12.1 Å². The number of benzene rings is 2. The van der Waals surface area contributed by atoms with Gasteiger partial charge in [-0.2, -0.15) is 0 Å². The van der Waals surface area contributed by atoms with Crippen LogP contribution < -0.4 is 20.1 Å². The van der Waals surface area contributed by atoms with E-state index in [0.717, 1.165) is 11.1 Å². The Labute approximate surface area is 157 Å². The molecule has 144 valence electrons. The Morgan fingerprint density at radius 1 is 0.815 bits per heavy atom. The second-order valence-electron chi connectivity index (χ2n) is 5.83. The number of hydrogen-bond donors (Lipinski definition) is 2. The summed E-state index contributed by atoms with van der Waals surface area (Å²) in [6.45, 7) is 0.618. The molecule has 0 radical (unpaired) electrons. The second kappa shape index (κ2) is 10.2. The topological polar surface area (TPSA) is 76.7 Å². The van der Waals surface area contributed by atoms with Gasteiger partial charge in [-0.1, -0.05) is 18.2 Å². The number of carbonyl (C=O) groups is 2. The molecule has 0 aliphatic carbocycles. The van der Waals surface area contributed by atoms with Gasteiger partial charge in [-0.15, -0.1) is 0 Å². The molecule has 6 nitrogen and oxygen atoms in total. The average molecular weight is 374 g/mol. The molecule has 2 aromatic carbocycles. The minimum absolute atomic E-state index is 0.299. The zero-order chi connectivity index (χ0) is 19.6. The van der Waals surface area contributed by atoms with Crippen LogP contribution in [-0.4, -0.2) is 39.1 Å². The molecule has 0 heterocycles. The average Bonchev–Trinajstić information content (AvgIpc) is 2.69. The molecule has 0 spiro atoms. The molecule has 0 aromatic heterocycles. The van der Waals surface area contributed by atoms with Crippen LogP contribution >= 0.6 is 0 Å². The molecule has 0 atom stereocenters. The van der Waals surface area contributed by atoms with E-state index in [1.54, 1.807) is 32.4 Å². The number of hydrogen-bond acceptors (Lipinski definition) is 4. The minimum Gasteiger partial charge on any atom is -0.493 e. The van der Waals surface area contributed by atoms with E-state index < -0.39 is 11.8 Å². The van der Waals surface area contributed by atoms with Gasteiger partial charge in [0.25, 0.3) is 0 Å². The first-order valence-electron chi connectivity index (χ1n) is 8.55. The van der Waals surface area contributed by atoms with Crippen molar-refractivity contribution in [1.82, 2.24) is 10.6 Å². The molecule has 0 fully saturated rings. The third kappa shape index (κ3) is 6.29. The fraction of sp³-hybridized carbons (Fsp3) is 0.300. The fourth-order valence-corrected chi connectivity index (χ4v) is 2.49. The van der Waals surface area contributed by atoms with E-state index >= 15 is 0 Å². The summed E-state index contributed by atoms with van der Waals surface area (Å²) in [4.78, 5) is 23.6. The van der Waals surface area contributed by atoms with E-state index in [1.165, 1.54) is 12.1 Å². The number of ether oxygens (including phenoxy) is 2. The number of halogens is 1. The molecular formula is C20H23FN2O4. The zero-order valence-electron chi connectivity index (χ0n) is 15.4. The maximum Gasteiger partial charge on any atom is 0.309 e. The fourth-order valence-electron chi connectivity index (χ4n) is 2.49. The van der Waals surface area contributed by atoms with Gasteiger partial charge in [0.1, 0.15) is 5.82 Å². The molecule has 0 saturated heterocycles. The Balaban J connectivity index is 1.71. The Hall–Kier alpha value is -3.09. The zero-order valence-corrected chi connectivity index (χ0v) is 15.4. The summed E-state index contributed by atoms with van der Waals surface area (Å²) in [5.41, 5.74) is 1.83. The molecule has 0 unspecified atom stereocenters. The summed E-state index contributed by atoms with van der Waals surface area (Å²) >= 11 is 0. The standard InChI is InChI=1S/C20H23FN2O4/c1-26-17-8-5-15(13-18(17)27-2)10-12-23-20(25)19(24)22-11-9-14-3-6-16(21)7-4-14/h3-8,13H,9-12H2,1-2H3,(H,22,24)(H,23,25). The van der Waals surface area contributed by atoms with Gasteiger partial charge in [-0.25, -0.2) is 4.39 Å². The Bertz CT molecular complexity index is 778. The first-order valence-corrected chi connectivity index (χ1v) is 8.55. The highest BCUT2D eigenvalue weighted by molar-refractivity contribution is 6.35. The van der Waals surface area contributed by atoms with Crippen molar-refractivity contribution in [3.63, 3.8) is 0 Å². The number of carbonyl (C=O) groups excluding carboxylic acids is 2. The summed E-state index contributed by atoms with van der Waals surface area (Å²) in [5.74, 6) is -0.443. The summed E-state index contributed by atoms with van der Waals surface area (Å²) in [6, 6.07) is 11.5. The lowest BCUT2D eigenvalue weighted by Crippen LogP contribution is -2.41. The molecule has 7 heteroatoms. The van der Waals surface area contributed by atoms with Crippen LogP contribution in [0.4, 0.5) is 4.39 Å². The van der Waals surface area contributed by atoms with Gasteiger partial charge in [-0.05, 0) is 48.2 Å². The molecule has 2 rings (SSSR count). The van der Waals surface area contributed by atoms with Crippen molar-refractivity contribution in [3.05, 3.63) is 59.4 Å². The molecule has 2 aromatic rings. The van der Waals surface area contributed by atoms with Gasteiger partial charge in [0, 0.05) is 13.1 Å². The van der Waals surface area contributed by atoms with Crippen molar-refractivity contribution in [2.75, 3.05) is 27.3 Å². The van der Waals surface area contributed by atoms with E-state index in [0.29, 0.717) is 37.4 Å². The van der Waals surface area contributed by atoms with Crippen LogP contribution in [0.25, 0.3) is 0 Å². The van der Waals surface area contributed by atoms with Gasteiger partial charge < -0.3 is 20.1 Å². The van der Waals surface area contributed by atoms with Crippen LogP contribution in [0.2, 0.25) is 0 Å². The molecule has 0 aliphatic heterocycles. The van der Waals surface area contributed by atoms with Gasteiger partial charge in [0.15, 0.2) is 11.5 Å². The van der Waals surface area contributed by atoms with Crippen molar-refractivity contribution in [3.8, 4) is 11.5 Å². The molecule has 0 bridgehead atoms. The highest BCUT2D eigenvalue weighted by Gasteiger charge is 2.12. The smallest absolute Gasteiger partial charge is 0.309 e. The number of methoxy groups -OCH3 is 2. The van der Waals surface area contributed by atoms with Crippen LogP contribution in [0, 0.1) is 5.82 Å². The Kier molecular flexibility index (Phi) is 7.61. The van der Waals surface area contributed by atoms with Crippen LogP contribution in [0.5, 0.6) is 11.5 Å². The van der Waals surface area contributed by atoms with E-state index in [9.17, 15) is 14.0 Å². The number of nitrogens with one attached hydrogen (secondary N) is 2. The molecule has 0 saturated carbocycles. The summed E-state index contributed by atoms with van der Waals surface area (Å²) in [5, 5.41) is 5.13. The van der Waals surface area contributed by atoms with Crippen molar-refractivity contribution < 1.29 is 23.5 Å². The van der Waals surface area contributed by atoms with Crippen LogP contribution in [0.1, 0.15) is 11.1 Å².